The Balaban J connectivity index is 2.78. The summed E-state index contributed by atoms with van der Waals surface area (Å²) in [6.45, 7) is 0.293. The molecule has 1 rings (SSSR count). The average molecular weight is 181 g/mol. The highest BCUT2D eigenvalue weighted by atomic mass is 35.5. The lowest BCUT2D eigenvalue weighted by Gasteiger charge is -2.01. The standard InChI is InChI=1S/C7H5ClN4/c8-6(3-9)5-12-2-1-11-7(12)4-10/h1-2,6H,5H2. The highest BCUT2D eigenvalue weighted by molar-refractivity contribution is 6.22. The van der Waals surface area contributed by atoms with Crippen LogP contribution < -0.4 is 0 Å². The number of halogens is 1. The minimum Gasteiger partial charge on any atom is -0.320 e. The third kappa shape index (κ3) is 1.75. The van der Waals surface area contributed by atoms with Crippen LogP contribution in [0.15, 0.2) is 12.4 Å². The predicted octanol–water partition coefficient (Wildman–Crippen LogP) is 0.886. The second-order valence-electron chi connectivity index (χ2n) is 2.11. The smallest absolute Gasteiger partial charge is 0.212 e. The minimum atomic E-state index is -0.619. The molecular formula is C7H5ClN4. The maximum Gasteiger partial charge on any atom is 0.212 e. The molecule has 0 spiro atoms. The average Bonchev–Trinajstić information content (AvgIpc) is 2.51. The van der Waals surface area contributed by atoms with Crippen molar-refractivity contribution in [3.05, 3.63) is 18.2 Å². The van der Waals surface area contributed by atoms with Crippen LogP contribution in [0.1, 0.15) is 5.82 Å². The molecule has 0 N–H and O–H groups in total. The molecule has 5 heteroatoms. The Bertz CT molecular complexity index is 343. The van der Waals surface area contributed by atoms with E-state index in [1.807, 2.05) is 12.1 Å². The lowest BCUT2D eigenvalue weighted by Crippen LogP contribution is -2.09. The van der Waals surface area contributed by atoms with Crippen LogP contribution in [-0.2, 0) is 6.54 Å². The number of nitriles is 2. The van der Waals surface area contributed by atoms with Gasteiger partial charge in [-0.05, 0) is 0 Å². The van der Waals surface area contributed by atoms with Gasteiger partial charge in [-0.25, -0.2) is 4.98 Å². The van der Waals surface area contributed by atoms with E-state index in [2.05, 4.69) is 4.98 Å². The summed E-state index contributed by atoms with van der Waals surface area (Å²) in [5, 5.41) is 16.3. The van der Waals surface area contributed by atoms with E-state index >= 15 is 0 Å². The Morgan fingerprint density at radius 3 is 3.00 bits per heavy atom. The molecule has 0 aliphatic rings. The summed E-state index contributed by atoms with van der Waals surface area (Å²) in [5.41, 5.74) is 0. The molecule has 1 unspecified atom stereocenters. The van der Waals surface area contributed by atoms with E-state index in [4.69, 9.17) is 22.1 Å². The quantitative estimate of drug-likeness (QED) is 0.635. The van der Waals surface area contributed by atoms with Crippen molar-refractivity contribution in [1.29, 1.82) is 10.5 Å². The summed E-state index contributed by atoms with van der Waals surface area (Å²) < 4.78 is 1.54. The molecule has 0 saturated heterocycles. The van der Waals surface area contributed by atoms with Crippen molar-refractivity contribution in [2.45, 2.75) is 11.9 Å². The molecule has 0 bridgehead atoms. The van der Waals surface area contributed by atoms with Crippen molar-refractivity contribution < 1.29 is 0 Å². The van der Waals surface area contributed by atoms with Crippen LogP contribution in [0.2, 0.25) is 0 Å². The molecule has 60 valence electrons. The number of nitrogens with zero attached hydrogens (tertiary/aromatic N) is 4. The largest absolute Gasteiger partial charge is 0.320 e. The van der Waals surface area contributed by atoms with Gasteiger partial charge in [-0.15, -0.1) is 11.6 Å². The zero-order valence-corrected chi connectivity index (χ0v) is 6.86. The molecule has 0 saturated carbocycles. The molecule has 12 heavy (non-hydrogen) atoms. The van der Waals surface area contributed by atoms with Crippen molar-refractivity contribution in [2.75, 3.05) is 0 Å². The van der Waals surface area contributed by atoms with E-state index < -0.39 is 5.38 Å². The van der Waals surface area contributed by atoms with Gasteiger partial charge in [0.15, 0.2) is 0 Å². The highest BCUT2D eigenvalue weighted by Gasteiger charge is 2.06. The van der Waals surface area contributed by atoms with Crippen molar-refractivity contribution in [1.82, 2.24) is 9.55 Å². The van der Waals surface area contributed by atoms with Gasteiger partial charge in [0.25, 0.3) is 0 Å². The van der Waals surface area contributed by atoms with Gasteiger partial charge in [0.05, 0.1) is 12.6 Å². The summed E-state index contributed by atoms with van der Waals surface area (Å²) in [7, 11) is 0. The Morgan fingerprint density at radius 1 is 1.67 bits per heavy atom. The third-order valence-corrected chi connectivity index (χ3v) is 1.55. The molecule has 0 aliphatic carbocycles. The summed E-state index contributed by atoms with van der Waals surface area (Å²) in [6, 6.07) is 3.75. The molecule has 1 atom stereocenters. The number of hydrogen-bond acceptors (Lipinski definition) is 3. The van der Waals surface area contributed by atoms with Crippen LogP contribution >= 0.6 is 11.6 Å². The minimum absolute atomic E-state index is 0.274. The Morgan fingerprint density at radius 2 is 2.42 bits per heavy atom. The zero-order valence-electron chi connectivity index (χ0n) is 6.11. The fourth-order valence-electron chi connectivity index (χ4n) is 0.783. The molecule has 4 nitrogen and oxygen atoms in total. The second-order valence-corrected chi connectivity index (χ2v) is 2.64. The number of imidazole rings is 1. The Kier molecular flexibility index (Phi) is 2.68. The van der Waals surface area contributed by atoms with Crippen LogP contribution in [0.5, 0.6) is 0 Å². The van der Waals surface area contributed by atoms with Crippen molar-refractivity contribution in [3.63, 3.8) is 0 Å². The van der Waals surface area contributed by atoms with Crippen LogP contribution in [0.4, 0.5) is 0 Å². The first-order chi connectivity index (χ1) is 5.77. The van der Waals surface area contributed by atoms with Gasteiger partial charge >= 0.3 is 0 Å². The molecule has 0 amide bonds. The number of aromatic nitrogens is 2. The van der Waals surface area contributed by atoms with Gasteiger partial charge in [0, 0.05) is 12.4 Å². The third-order valence-electron chi connectivity index (χ3n) is 1.31. The van der Waals surface area contributed by atoms with Gasteiger partial charge in [-0.2, -0.15) is 10.5 Å². The maximum absolute atomic E-state index is 8.53. The van der Waals surface area contributed by atoms with E-state index in [1.54, 1.807) is 10.8 Å². The SMILES string of the molecule is N#Cc1nccn1CC(Cl)C#N. The lowest BCUT2D eigenvalue weighted by molar-refractivity contribution is 0.709. The molecule has 1 aromatic rings. The second kappa shape index (κ2) is 3.75. The summed E-state index contributed by atoms with van der Waals surface area (Å²) >= 11 is 5.57. The Labute approximate surface area is 74.6 Å². The van der Waals surface area contributed by atoms with E-state index in [-0.39, 0.29) is 5.82 Å². The van der Waals surface area contributed by atoms with Gasteiger partial charge in [-0.3, -0.25) is 0 Å². The van der Waals surface area contributed by atoms with Crippen LogP contribution in [0.3, 0.4) is 0 Å². The van der Waals surface area contributed by atoms with Crippen LogP contribution in [0.25, 0.3) is 0 Å². The number of hydrogen-bond donors (Lipinski definition) is 0. The molecule has 0 aromatic carbocycles. The first-order valence-corrected chi connectivity index (χ1v) is 3.66. The molecule has 1 heterocycles. The molecule has 0 radical (unpaired) electrons. The normalized spacial score (nSPS) is 11.6. The van der Waals surface area contributed by atoms with Crippen LogP contribution in [-0.4, -0.2) is 14.9 Å². The van der Waals surface area contributed by atoms with Gasteiger partial charge in [0.2, 0.25) is 5.82 Å². The van der Waals surface area contributed by atoms with E-state index in [0.717, 1.165) is 0 Å². The predicted molar refractivity (Wildman–Crippen MR) is 42.2 cm³/mol. The zero-order chi connectivity index (χ0) is 8.97. The summed E-state index contributed by atoms with van der Waals surface area (Å²) in [4.78, 5) is 3.76. The van der Waals surface area contributed by atoms with Crippen molar-refractivity contribution in [3.8, 4) is 12.1 Å². The number of alkyl halides is 1. The Hall–Kier alpha value is -1.52. The molecular weight excluding hydrogens is 176 g/mol. The van der Waals surface area contributed by atoms with E-state index in [9.17, 15) is 0 Å². The van der Waals surface area contributed by atoms with Crippen molar-refractivity contribution >= 4 is 11.6 Å². The fourth-order valence-corrected chi connectivity index (χ4v) is 0.932. The fraction of sp³-hybridized carbons (Fsp3) is 0.286. The molecule has 0 aliphatic heterocycles. The first kappa shape index (κ1) is 8.58. The van der Waals surface area contributed by atoms with Crippen molar-refractivity contribution in [2.24, 2.45) is 0 Å². The van der Waals surface area contributed by atoms with Crippen LogP contribution in [0, 0.1) is 22.7 Å². The monoisotopic (exact) mass is 180 g/mol. The maximum atomic E-state index is 8.53. The molecule has 1 aromatic heterocycles. The lowest BCUT2D eigenvalue weighted by atomic mass is 10.4. The van der Waals surface area contributed by atoms with E-state index in [0.29, 0.717) is 6.54 Å². The molecule has 0 fully saturated rings. The highest BCUT2D eigenvalue weighted by Crippen LogP contribution is 2.02. The van der Waals surface area contributed by atoms with Gasteiger partial charge in [0.1, 0.15) is 11.4 Å². The van der Waals surface area contributed by atoms with Gasteiger partial charge < -0.3 is 4.57 Å². The van der Waals surface area contributed by atoms with E-state index in [1.165, 1.54) is 6.20 Å². The summed E-state index contributed by atoms with van der Waals surface area (Å²) in [5.74, 6) is 0.274. The summed E-state index contributed by atoms with van der Waals surface area (Å²) in [6.07, 6.45) is 3.12. The van der Waals surface area contributed by atoms with Gasteiger partial charge in [-0.1, -0.05) is 0 Å². The first-order valence-electron chi connectivity index (χ1n) is 3.23. The number of rotatable bonds is 2. The topological polar surface area (TPSA) is 65.4 Å².